The van der Waals surface area contributed by atoms with E-state index in [4.69, 9.17) is 28.9 Å². The van der Waals surface area contributed by atoms with Crippen LogP contribution in [0.25, 0.3) is 21.8 Å². The first-order valence-corrected chi connectivity index (χ1v) is 20.4. The number of nitrogens with zero attached hydrogens (tertiary/aromatic N) is 4. The Hall–Kier alpha value is -5.84. The molecule has 298 valence electrons. The van der Waals surface area contributed by atoms with E-state index in [2.05, 4.69) is 9.80 Å². The molecule has 0 N–H and O–H groups in total. The number of piperidine rings is 2. The molecule has 6 aromatic rings. The van der Waals surface area contributed by atoms with Crippen molar-refractivity contribution in [3.63, 3.8) is 0 Å². The number of benzene rings is 4. The van der Waals surface area contributed by atoms with Gasteiger partial charge in [-0.15, -0.1) is 0 Å². The molecule has 0 aliphatic carbocycles. The number of fused-ring (bicyclic) bond motifs is 2. The second-order valence-electron chi connectivity index (χ2n) is 15.3. The number of esters is 2. The van der Waals surface area contributed by atoms with E-state index >= 15 is 0 Å². The second kappa shape index (κ2) is 18.2. The number of likely N-dealkylation sites (tertiary alicyclic amines) is 2. The Morgan fingerprint density at radius 1 is 0.517 bits per heavy atom. The van der Waals surface area contributed by atoms with Crippen LogP contribution < -0.4 is 9.47 Å². The van der Waals surface area contributed by atoms with Crippen molar-refractivity contribution in [2.45, 2.75) is 49.7 Å². The van der Waals surface area contributed by atoms with Gasteiger partial charge < -0.3 is 28.7 Å². The Labute approximate surface area is 339 Å². The lowest BCUT2D eigenvalue weighted by atomic mass is 9.84. The van der Waals surface area contributed by atoms with E-state index in [1.54, 1.807) is 12.4 Å². The summed E-state index contributed by atoms with van der Waals surface area (Å²) in [6.07, 6.45) is 7.32. The molecule has 0 atom stereocenters. The third kappa shape index (κ3) is 9.30. The van der Waals surface area contributed by atoms with E-state index < -0.39 is 23.1 Å². The molecule has 0 saturated carbocycles. The molecule has 0 unspecified atom stereocenters. The van der Waals surface area contributed by atoms with Gasteiger partial charge in [0.05, 0.1) is 24.2 Å². The van der Waals surface area contributed by atoms with E-state index in [1.807, 2.05) is 121 Å². The first-order chi connectivity index (χ1) is 28.5. The van der Waals surface area contributed by atoms with Gasteiger partial charge in [0.15, 0.2) is 0 Å². The standard InChI is InChI=1S/C48H50N4O6/c53-45(57-47(39-33-37-13-7-9-19-43(37)49-35-39)21-27-51(28-22-47)25-11-31-55-41-15-3-1-4-16-41)46(54)58-48(40-34-38-14-8-10-20-44(38)50-36-40)23-29-52(30-24-48)26-12-32-56-42-17-5-2-6-18-42/h1-10,13-20,33-36H,11-12,21-32H2. The quantitative estimate of drug-likeness (QED) is 0.0613. The van der Waals surface area contributed by atoms with Crippen LogP contribution in [-0.4, -0.2) is 84.2 Å². The maximum absolute atomic E-state index is 14.1. The highest BCUT2D eigenvalue weighted by atomic mass is 16.6. The summed E-state index contributed by atoms with van der Waals surface area (Å²) in [4.78, 5) is 42.4. The Balaban J connectivity index is 0.963. The number of pyridine rings is 2. The van der Waals surface area contributed by atoms with Crippen LogP contribution in [-0.2, 0) is 30.3 Å². The molecule has 2 fully saturated rings. The van der Waals surface area contributed by atoms with Crippen molar-refractivity contribution in [3.05, 3.63) is 145 Å². The van der Waals surface area contributed by atoms with Crippen molar-refractivity contribution in [1.82, 2.24) is 19.8 Å². The fourth-order valence-corrected chi connectivity index (χ4v) is 8.24. The molecule has 4 heterocycles. The first kappa shape index (κ1) is 39.0. The lowest BCUT2D eigenvalue weighted by Gasteiger charge is -2.42. The lowest BCUT2D eigenvalue weighted by Crippen LogP contribution is -2.49. The number of ether oxygens (including phenoxy) is 4. The minimum absolute atomic E-state index is 0.508. The average molecular weight is 779 g/mol. The topological polar surface area (TPSA) is 103 Å². The Morgan fingerprint density at radius 3 is 1.31 bits per heavy atom. The number of rotatable bonds is 14. The van der Waals surface area contributed by atoms with Crippen molar-refractivity contribution >= 4 is 33.7 Å². The number of hydrogen-bond donors (Lipinski definition) is 0. The molecule has 2 aliphatic heterocycles. The average Bonchev–Trinajstić information content (AvgIpc) is 3.28. The largest absolute Gasteiger partial charge is 0.494 e. The van der Waals surface area contributed by atoms with Gasteiger partial charge in [-0.1, -0.05) is 72.8 Å². The minimum atomic E-state index is -1.05. The Morgan fingerprint density at radius 2 is 0.897 bits per heavy atom. The number of aromatic nitrogens is 2. The molecule has 2 aromatic heterocycles. The highest BCUT2D eigenvalue weighted by Crippen LogP contribution is 2.41. The summed E-state index contributed by atoms with van der Waals surface area (Å²) in [5.41, 5.74) is 1.16. The molecule has 0 spiro atoms. The predicted molar refractivity (Wildman–Crippen MR) is 223 cm³/mol. The van der Waals surface area contributed by atoms with Crippen LogP contribution in [0.2, 0.25) is 0 Å². The summed E-state index contributed by atoms with van der Waals surface area (Å²) in [7, 11) is 0. The van der Waals surface area contributed by atoms with Gasteiger partial charge in [-0.2, -0.15) is 0 Å². The summed E-state index contributed by atoms with van der Waals surface area (Å²) in [6, 6.07) is 39.5. The fraction of sp³-hybridized carbons (Fsp3) is 0.333. The highest BCUT2D eigenvalue weighted by Gasteiger charge is 2.46. The molecule has 0 radical (unpaired) electrons. The third-order valence-corrected chi connectivity index (χ3v) is 11.6. The van der Waals surface area contributed by atoms with Crippen molar-refractivity contribution in [1.29, 1.82) is 0 Å². The molecular weight excluding hydrogens is 729 g/mol. The lowest BCUT2D eigenvalue weighted by molar-refractivity contribution is -0.193. The maximum Gasteiger partial charge on any atom is 0.418 e. The molecule has 0 amide bonds. The summed E-state index contributed by atoms with van der Waals surface area (Å²) >= 11 is 0. The smallest absolute Gasteiger partial charge is 0.418 e. The van der Waals surface area contributed by atoms with Gasteiger partial charge in [0.1, 0.15) is 22.7 Å². The van der Waals surface area contributed by atoms with E-state index in [9.17, 15) is 9.59 Å². The van der Waals surface area contributed by atoms with Gasteiger partial charge in [-0.25, -0.2) is 9.59 Å². The molecule has 2 saturated heterocycles. The van der Waals surface area contributed by atoms with Crippen LogP contribution in [0.4, 0.5) is 0 Å². The van der Waals surface area contributed by atoms with E-state index in [1.165, 1.54) is 0 Å². The Kier molecular flexibility index (Phi) is 12.2. The van der Waals surface area contributed by atoms with Crippen LogP contribution >= 0.6 is 0 Å². The number of carbonyl (C=O) groups is 2. The van der Waals surface area contributed by atoms with E-state index in [0.29, 0.717) is 65.1 Å². The third-order valence-electron chi connectivity index (χ3n) is 11.6. The van der Waals surface area contributed by atoms with Gasteiger partial charge >= 0.3 is 11.9 Å². The molecule has 2 aliphatic rings. The zero-order chi connectivity index (χ0) is 39.6. The van der Waals surface area contributed by atoms with Gasteiger partial charge in [-0.3, -0.25) is 9.97 Å². The van der Waals surface area contributed by atoms with Gasteiger partial charge in [0.2, 0.25) is 0 Å². The fourth-order valence-electron chi connectivity index (χ4n) is 8.24. The SMILES string of the molecule is O=C(OC1(c2cnc3ccccc3c2)CCN(CCCOc2ccccc2)CC1)C(=O)OC1(c2cnc3ccccc3c2)CCN(CCCOc2ccccc2)CC1. The zero-order valence-electron chi connectivity index (χ0n) is 32.8. The van der Waals surface area contributed by atoms with Gasteiger partial charge in [0.25, 0.3) is 0 Å². The second-order valence-corrected chi connectivity index (χ2v) is 15.3. The summed E-state index contributed by atoms with van der Waals surface area (Å²) in [5.74, 6) is -0.272. The summed E-state index contributed by atoms with van der Waals surface area (Å²) in [6.45, 7) is 5.62. The summed E-state index contributed by atoms with van der Waals surface area (Å²) < 4.78 is 24.6. The monoisotopic (exact) mass is 778 g/mol. The highest BCUT2D eigenvalue weighted by molar-refractivity contribution is 6.30. The number of hydrogen-bond acceptors (Lipinski definition) is 10. The predicted octanol–water partition coefficient (Wildman–Crippen LogP) is 8.09. The molecule has 10 nitrogen and oxygen atoms in total. The zero-order valence-corrected chi connectivity index (χ0v) is 32.8. The molecular formula is C48H50N4O6. The van der Waals surface area contributed by atoms with Crippen LogP contribution in [0.1, 0.15) is 49.7 Å². The van der Waals surface area contributed by atoms with Crippen LogP contribution in [0, 0.1) is 0 Å². The number of para-hydroxylation sites is 4. The van der Waals surface area contributed by atoms with Crippen LogP contribution in [0.3, 0.4) is 0 Å². The van der Waals surface area contributed by atoms with E-state index in [0.717, 1.165) is 70.4 Å². The maximum atomic E-state index is 14.1. The number of carbonyl (C=O) groups excluding carboxylic acids is 2. The van der Waals surface area contributed by atoms with Crippen molar-refractivity contribution in [2.24, 2.45) is 0 Å². The van der Waals surface area contributed by atoms with Gasteiger partial charge in [-0.05, 0) is 61.4 Å². The van der Waals surface area contributed by atoms with Crippen LogP contribution in [0.15, 0.2) is 134 Å². The van der Waals surface area contributed by atoms with E-state index in [-0.39, 0.29) is 0 Å². The first-order valence-electron chi connectivity index (χ1n) is 20.4. The van der Waals surface area contributed by atoms with Crippen molar-refractivity contribution in [3.8, 4) is 11.5 Å². The van der Waals surface area contributed by atoms with Crippen molar-refractivity contribution < 1.29 is 28.5 Å². The van der Waals surface area contributed by atoms with Crippen molar-refractivity contribution in [2.75, 3.05) is 52.5 Å². The minimum Gasteiger partial charge on any atom is -0.494 e. The van der Waals surface area contributed by atoms with Gasteiger partial charge in [0, 0.05) is 99.2 Å². The molecule has 0 bridgehead atoms. The molecule has 8 rings (SSSR count). The Bertz CT molecular complexity index is 2130. The normalized spacial score (nSPS) is 16.8. The van der Waals surface area contributed by atoms with Crippen LogP contribution in [0.5, 0.6) is 11.5 Å². The summed E-state index contributed by atoms with van der Waals surface area (Å²) in [5, 5.41) is 1.89. The molecule has 58 heavy (non-hydrogen) atoms. The molecule has 4 aromatic carbocycles. The molecule has 10 heteroatoms.